The second-order valence-corrected chi connectivity index (χ2v) is 6.97. The van der Waals surface area contributed by atoms with Gasteiger partial charge in [-0.2, -0.15) is 15.0 Å². The Morgan fingerprint density at radius 2 is 1.93 bits per heavy atom. The third-order valence-electron chi connectivity index (χ3n) is 4.40. The van der Waals surface area contributed by atoms with Gasteiger partial charge in [-0.3, -0.25) is 0 Å². The van der Waals surface area contributed by atoms with Crippen molar-refractivity contribution >= 4 is 28.9 Å². The first-order chi connectivity index (χ1) is 13.1. The second kappa shape index (κ2) is 7.36. The predicted molar refractivity (Wildman–Crippen MR) is 105 cm³/mol. The molecule has 9 heteroatoms. The molecule has 0 radical (unpaired) electrons. The molecule has 0 atom stereocenters. The fraction of sp³-hybridized carbons (Fsp3) is 0.444. The van der Waals surface area contributed by atoms with Gasteiger partial charge in [0.15, 0.2) is 0 Å². The van der Waals surface area contributed by atoms with E-state index in [0.29, 0.717) is 30.3 Å². The number of rotatable bonds is 7. The van der Waals surface area contributed by atoms with Gasteiger partial charge >= 0.3 is 0 Å². The van der Waals surface area contributed by atoms with Crippen LogP contribution in [0.25, 0.3) is 11.0 Å². The van der Waals surface area contributed by atoms with Crippen LogP contribution in [0.2, 0.25) is 0 Å². The third kappa shape index (κ3) is 3.77. The molecule has 3 aromatic rings. The van der Waals surface area contributed by atoms with Crippen molar-refractivity contribution in [1.29, 1.82) is 0 Å². The summed E-state index contributed by atoms with van der Waals surface area (Å²) in [5.74, 6) is 2.94. The molecular weight excluding hydrogens is 344 g/mol. The average molecular weight is 368 g/mol. The number of para-hydroxylation sites is 2. The van der Waals surface area contributed by atoms with Crippen LogP contribution in [0.15, 0.2) is 24.3 Å². The van der Waals surface area contributed by atoms with Gasteiger partial charge in [0.2, 0.25) is 17.8 Å². The Kier molecular flexibility index (Phi) is 4.76. The lowest BCUT2D eigenvalue weighted by Gasteiger charge is -2.38. The molecule has 4 rings (SSSR count). The second-order valence-electron chi connectivity index (χ2n) is 6.97. The normalized spacial score (nSPS) is 14.6. The zero-order chi connectivity index (χ0) is 18.8. The van der Waals surface area contributed by atoms with E-state index in [1.165, 1.54) is 0 Å². The van der Waals surface area contributed by atoms with Crippen LogP contribution < -0.4 is 15.5 Å². The van der Waals surface area contributed by atoms with Gasteiger partial charge in [-0.25, -0.2) is 4.98 Å². The number of fused-ring (bicyclic) bond motifs is 1. The number of imidazole rings is 1. The van der Waals surface area contributed by atoms with Crippen LogP contribution in [0.1, 0.15) is 25.6 Å². The molecular formula is C18H24N8O. The molecule has 2 aromatic heterocycles. The van der Waals surface area contributed by atoms with E-state index in [-0.39, 0.29) is 12.6 Å². The molecule has 1 aliphatic rings. The molecule has 0 unspecified atom stereocenters. The van der Waals surface area contributed by atoms with Crippen LogP contribution in [0.4, 0.5) is 17.8 Å². The summed E-state index contributed by atoms with van der Waals surface area (Å²) in [6, 6.07) is 8.27. The van der Waals surface area contributed by atoms with Gasteiger partial charge in [-0.05, 0) is 26.0 Å². The van der Waals surface area contributed by atoms with Crippen molar-refractivity contribution in [1.82, 2.24) is 24.9 Å². The number of hydrogen-bond acceptors (Lipinski definition) is 8. The van der Waals surface area contributed by atoms with Crippen LogP contribution in [0.3, 0.4) is 0 Å². The quantitative estimate of drug-likeness (QED) is 0.497. The van der Waals surface area contributed by atoms with E-state index < -0.39 is 0 Å². The first-order valence-electron chi connectivity index (χ1n) is 9.19. The maximum Gasteiger partial charge on any atom is 0.232 e. The monoisotopic (exact) mass is 368 g/mol. The number of benzene rings is 1. The largest absolute Gasteiger partial charge is 0.395 e. The van der Waals surface area contributed by atoms with Crippen molar-refractivity contribution in [2.45, 2.75) is 25.8 Å². The number of hydrogen-bond donors (Lipinski definition) is 4. The highest BCUT2D eigenvalue weighted by molar-refractivity contribution is 5.75. The van der Waals surface area contributed by atoms with E-state index >= 15 is 0 Å². The van der Waals surface area contributed by atoms with Crippen molar-refractivity contribution < 1.29 is 5.11 Å². The summed E-state index contributed by atoms with van der Waals surface area (Å²) in [6.07, 6.45) is 0. The highest BCUT2D eigenvalue weighted by Gasteiger charge is 2.33. The van der Waals surface area contributed by atoms with Crippen molar-refractivity contribution in [3.63, 3.8) is 0 Å². The molecule has 1 aliphatic heterocycles. The Bertz CT molecular complexity index is 886. The molecule has 3 heterocycles. The molecule has 0 amide bonds. The van der Waals surface area contributed by atoms with Gasteiger partial charge in [-0.15, -0.1) is 0 Å². The summed E-state index contributed by atoms with van der Waals surface area (Å²) < 4.78 is 0. The predicted octanol–water partition coefficient (Wildman–Crippen LogP) is 1.58. The molecule has 0 bridgehead atoms. The molecule has 142 valence electrons. The molecule has 27 heavy (non-hydrogen) atoms. The van der Waals surface area contributed by atoms with E-state index in [9.17, 15) is 0 Å². The van der Waals surface area contributed by atoms with E-state index in [2.05, 4.69) is 40.5 Å². The van der Waals surface area contributed by atoms with Crippen LogP contribution in [0, 0.1) is 0 Å². The van der Waals surface area contributed by atoms with Crippen LogP contribution >= 0.6 is 0 Å². The number of aliphatic hydroxyl groups excluding tert-OH is 1. The fourth-order valence-corrected chi connectivity index (χ4v) is 3.06. The van der Waals surface area contributed by atoms with Crippen molar-refractivity contribution in [3.05, 3.63) is 30.1 Å². The minimum absolute atomic E-state index is 0.0196. The van der Waals surface area contributed by atoms with Gasteiger partial charge in [0, 0.05) is 25.7 Å². The Balaban J connectivity index is 1.50. The van der Waals surface area contributed by atoms with Crippen LogP contribution in [-0.2, 0) is 0 Å². The lowest BCUT2D eigenvalue weighted by atomic mass is 10.0. The summed E-state index contributed by atoms with van der Waals surface area (Å²) in [5.41, 5.74) is 2.05. The zero-order valence-electron chi connectivity index (χ0n) is 15.5. The van der Waals surface area contributed by atoms with Gasteiger partial charge in [0.1, 0.15) is 5.82 Å². The summed E-state index contributed by atoms with van der Waals surface area (Å²) in [5, 5.41) is 15.3. The summed E-state index contributed by atoms with van der Waals surface area (Å²) in [7, 11) is 0. The van der Waals surface area contributed by atoms with E-state index in [1.54, 1.807) is 0 Å². The van der Waals surface area contributed by atoms with Crippen molar-refractivity contribution in [2.24, 2.45) is 0 Å². The molecule has 0 spiro atoms. The minimum Gasteiger partial charge on any atom is -0.395 e. The summed E-state index contributed by atoms with van der Waals surface area (Å²) >= 11 is 0. The lowest BCUT2D eigenvalue weighted by molar-refractivity contribution is 0.310. The maximum absolute atomic E-state index is 9.03. The highest BCUT2D eigenvalue weighted by Crippen LogP contribution is 2.30. The van der Waals surface area contributed by atoms with E-state index in [1.807, 2.05) is 38.1 Å². The highest BCUT2D eigenvalue weighted by atomic mass is 16.3. The Hall–Kier alpha value is -2.94. The molecule has 0 aliphatic carbocycles. The molecule has 4 N–H and O–H groups in total. The maximum atomic E-state index is 9.03. The Labute approximate surface area is 157 Å². The summed E-state index contributed by atoms with van der Waals surface area (Å²) in [4.78, 5) is 23.6. The van der Waals surface area contributed by atoms with Crippen LogP contribution in [-0.4, -0.2) is 62.3 Å². The first-order valence-corrected chi connectivity index (χ1v) is 9.19. The number of aromatic nitrogens is 5. The standard InChI is InChI=1S/C18H24N8O/c1-11(2)20-17-23-16(19-7-8-27)24-18(25-17)26-9-12(10-26)15-21-13-5-3-4-6-14(13)22-15/h3-6,11-12,27H,7-10H2,1-2H3,(H,21,22)(H2,19,20,23,24,25). The number of nitrogens with one attached hydrogen (secondary N) is 3. The van der Waals surface area contributed by atoms with Crippen molar-refractivity contribution in [3.8, 4) is 0 Å². The molecule has 9 nitrogen and oxygen atoms in total. The van der Waals surface area contributed by atoms with E-state index in [0.717, 1.165) is 29.9 Å². The number of aromatic amines is 1. The molecule has 1 saturated heterocycles. The van der Waals surface area contributed by atoms with Crippen LogP contribution in [0.5, 0.6) is 0 Å². The van der Waals surface area contributed by atoms with Gasteiger partial charge in [0.05, 0.1) is 23.6 Å². The number of anilines is 3. The van der Waals surface area contributed by atoms with Crippen molar-refractivity contribution in [2.75, 3.05) is 41.8 Å². The number of nitrogens with zero attached hydrogens (tertiary/aromatic N) is 5. The number of aliphatic hydroxyl groups is 1. The number of H-pyrrole nitrogens is 1. The molecule has 0 saturated carbocycles. The van der Waals surface area contributed by atoms with Gasteiger partial charge in [0.25, 0.3) is 0 Å². The topological polar surface area (TPSA) is 115 Å². The van der Waals surface area contributed by atoms with E-state index in [4.69, 9.17) is 5.11 Å². The smallest absolute Gasteiger partial charge is 0.232 e. The Morgan fingerprint density at radius 1 is 1.15 bits per heavy atom. The minimum atomic E-state index is 0.0196. The summed E-state index contributed by atoms with van der Waals surface area (Å²) in [6.45, 7) is 6.07. The van der Waals surface area contributed by atoms with Gasteiger partial charge < -0.3 is 25.6 Å². The SMILES string of the molecule is CC(C)Nc1nc(NCCO)nc(N2CC(c3nc4ccccc4[nH]3)C2)n1. The lowest BCUT2D eigenvalue weighted by Crippen LogP contribution is -2.46. The van der Waals surface area contributed by atoms with Gasteiger partial charge in [-0.1, -0.05) is 12.1 Å². The Morgan fingerprint density at radius 3 is 2.67 bits per heavy atom. The molecule has 1 fully saturated rings. The zero-order valence-corrected chi connectivity index (χ0v) is 15.5. The first kappa shape index (κ1) is 17.5. The molecule has 1 aromatic carbocycles. The average Bonchev–Trinajstić information content (AvgIpc) is 3.01. The third-order valence-corrected chi connectivity index (χ3v) is 4.40. The fourth-order valence-electron chi connectivity index (χ4n) is 3.06.